The van der Waals surface area contributed by atoms with Crippen molar-refractivity contribution in [1.29, 1.82) is 0 Å². The van der Waals surface area contributed by atoms with Crippen molar-refractivity contribution in [2.45, 2.75) is 18.4 Å². The van der Waals surface area contributed by atoms with E-state index in [0.29, 0.717) is 30.2 Å². The molecule has 2 heterocycles. The summed E-state index contributed by atoms with van der Waals surface area (Å²) < 4.78 is 0. The molecule has 1 aromatic heterocycles. The number of piperidine rings is 1. The van der Waals surface area contributed by atoms with Gasteiger partial charge in [-0.05, 0) is 30.7 Å². The monoisotopic (exact) mass is 388 g/mol. The number of halogens is 1. The number of anilines is 1. The number of para-hydroxylation sites is 1. The quantitative estimate of drug-likeness (QED) is 0.748. The van der Waals surface area contributed by atoms with Crippen LogP contribution in [0, 0.1) is 0 Å². The molecular formula is C19H21ClN4O3. The summed E-state index contributed by atoms with van der Waals surface area (Å²) in [6.45, 7) is 0.289. The first-order chi connectivity index (χ1) is 13.1. The third-order valence-electron chi connectivity index (χ3n) is 4.58. The van der Waals surface area contributed by atoms with Crippen LogP contribution >= 0.6 is 11.6 Å². The molecule has 1 aliphatic rings. The van der Waals surface area contributed by atoms with Gasteiger partial charge < -0.3 is 20.6 Å². The SMILES string of the molecule is O=C(Nc1ccccc1)NC1CCN(C(=O)CO)CC1c1ccc(Cl)cn1. The largest absolute Gasteiger partial charge is 0.387 e. The Labute approximate surface area is 162 Å². The van der Waals surface area contributed by atoms with E-state index in [1.165, 1.54) is 0 Å². The van der Waals surface area contributed by atoms with E-state index in [2.05, 4.69) is 15.6 Å². The van der Waals surface area contributed by atoms with E-state index in [-0.39, 0.29) is 23.9 Å². The van der Waals surface area contributed by atoms with Crippen molar-refractivity contribution in [3.63, 3.8) is 0 Å². The molecule has 2 aromatic rings. The molecule has 2 unspecified atom stereocenters. The average Bonchev–Trinajstić information content (AvgIpc) is 2.69. The van der Waals surface area contributed by atoms with Crippen LogP contribution < -0.4 is 10.6 Å². The third-order valence-corrected chi connectivity index (χ3v) is 4.80. The minimum atomic E-state index is -0.534. The molecule has 7 nitrogen and oxygen atoms in total. The zero-order chi connectivity index (χ0) is 19.2. The summed E-state index contributed by atoms with van der Waals surface area (Å²) >= 11 is 5.92. The maximum absolute atomic E-state index is 12.4. The number of benzene rings is 1. The highest BCUT2D eigenvalue weighted by Gasteiger charge is 2.34. The van der Waals surface area contributed by atoms with Crippen molar-refractivity contribution in [2.75, 3.05) is 25.0 Å². The predicted octanol–water partition coefficient (Wildman–Crippen LogP) is 2.23. The lowest BCUT2D eigenvalue weighted by Crippen LogP contribution is -2.52. The zero-order valence-corrected chi connectivity index (χ0v) is 15.4. The van der Waals surface area contributed by atoms with Gasteiger partial charge in [0.15, 0.2) is 0 Å². The first kappa shape index (κ1) is 19.1. The number of nitrogens with one attached hydrogen (secondary N) is 2. The maximum Gasteiger partial charge on any atom is 0.319 e. The second-order valence-electron chi connectivity index (χ2n) is 6.37. The number of carbonyl (C=O) groups excluding carboxylic acids is 2. The topological polar surface area (TPSA) is 94.6 Å². The Kier molecular flexibility index (Phi) is 6.26. The molecule has 1 aliphatic heterocycles. The molecular weight excluding hydrogens is 368 g/mol. The van der Waals surface area contributed by atoms with Crippen molar-refractivity contribution in [3.8, 4) is 0 Å². The van der Waals surface area contributed by atoms with E-state index in [1.54, 1.807) is 35.4 Å². The maximum atomic E-state index is 12.4. The highest BCUT2D eigenvalue weighted by Crippen LogP contribution is 2.27. The number of urea groups is 1. The Hall–Kier alpha value is -2.64. The summed E-state index contributed by atoms with van der Waals surface area (Å²) in [5.74, 6) is -0.533. The summed E-state index contributed by atoms with van der Waals surface area (Å²) in [6.07, 6.45) is 2.10. The van der Waals surface area contributed by atoms with E-state index in [0.717, 1.165) is 5.69 Å². The van der Waals surface area contributed by atoms with Gasteiger partial charge in [-0.15, -0.1) is 0 Å². The lowest BCUT2D eigenvalue weighted by Gasteiger charge is -2.38. The number of aliphatic hydroxyl groups excluding tert-OH is 1. The Morgan fingerprint density at radius 2 is 2.00 bits per heavy atom. The Balaban J connectivity index is 1.74. The van der Waals surface area contributed by atoms with E-state index >= 15 is 0 Å². The highest BCUT2D eigenvalue weighted by atomic mass is 35.5. The number of likely N-dealkylation sites (tertiary alicyclic amines) is 1. The van der Waals surface area contributed by atoms with Gasteiger partial charge in [-0.1, -0.05) is 29.8 Å². The lowest BCUT2D eigenvalue weighted by molar-refractivity contribution is -0.135. The summed E-state index contributed by atoms with van der Waals surface area (Å²) in [4.78, 5) is 30.3. The lowest BCUT2D eigenvalue weighted by atomic mass is 9.88. The molecule has 3 rings (SSSR count). The van der Waals surface area contributed by atoms with Crippen LogP contribution in [-0.2, 0) is 4.79 Å². The number of aliphatic hydroxyl groups is 1. The molecule has 0 saturated carbocycles. The number of pyridine rings is 1. The number of aromatic nitrogens is 1. The van der Waals surface area contributed by atoms with Crippen molar-refractivity contribution in [1.82, 2.24) is 15.2 Å². The second-order valence-corrected chi connectivity index (χ2v) is 6.80. The van der Waals surface area contributed by atoms with Gasteiger partial charge in [0, 0.05) is 42.6 Å². The molecule has 1 aromatic carbocycles. The van der Waals surface area contributed by atoms with E-state index < -0.39 is 6.61 Å². The highest BCUT2D eigenvalue weighted by molar-refractivity contribution is 6.30. The minimum absolute atomic E-state index is 0.201. The van der Waals surface area contributed by atoms with Gasteiger partial charge in [0.1, 0.15) is 6.61 Å². The van der Waals surface area contributed by atoms with Crippen LogP contribution in [0.25, 0.3) is 0 Å². The third kappa shape index (κ3) is 4.96. The first-order valence-electron chi connectivity index (χ1n) is 8.69. The standard InChI is InChI=1S/C19H21ClN4O3/c20-13-6-7-16(21-10-13)15-11-24(18(26)12-25)9-8-17(15)23-19(27)22-14-4-2-1-3-5-14/h1-7,10,15,17,25H,8-9,11-12H2,(H2,22,23,27). The fourth-order valence-electron chi connectivity index (χ4n) is 3.21. The van der Waals surface area contributed by atoms with Crippen LogP contribution in [0.1, 0.15) is 18.0 Å². The van der Waals surface area contributed by atoms with Crippen LogP contribution in [0.15, 0.2) is 48.7 Å². The van der Waals surface area contributed by atoms with Gasteiger partial charge in [0.05, 0.1) is 5.02 Å². The summed E-state index contributed by atoms with van der Waals surface area (Å²) in [5, 5.41) is 15.5. The molecule has 1 saturated heterocycles. The smallest absolute Gasteiger partial charge is 0.319 e. The summed E-state index contributed by atoms with van der Waals surface area (Å²) in [6, 6.07) is 12.2. The number of rotatable bonds is 4. The molecule has 1 fully saturated rings. The van der Waals surface area contributed by atoms with Crippen molar-refractivity contribution >= 4 is 29.2 Å². The van der Waals surface area contributed by atoms with Crippen LogP contribution in [0.4, 0.5) is 10.5 Å². The Bertz CT molecular complexity index is 785. The van der Waals surface area contributed by atoms with Crippen molar-refractivity contribution in [3.05, 3.63) is 59.4 Å². The fourth-order valence-corrected chi connectivity index (χ4v) is 3.33. The van der Waals surface area contributed by atoms with Gasteiger partial charge in [0.2, 0.25) is 5.91 Å². The summed E-state index contributed by atoms with van der Waals surface area (Å²) in [7, 11) is 0. The van der Waals surface area contributed by atoms with Crippen LogP contribution in [0.5, 0.6) is 0 Å². The van der Waals surface area contributed by atoms with Crippen LogP contribution in [-0.4, -0.2) is 52.7 Å². The van der Waals surface area contributed by atoms with Gasteiger partial charge >= 0.3 is 6.03 Å². The number of hydrogen-bond donors (Lipinski definition) is 3. The molecule has 142 valence electrons. The van der Waals surface area contributed by atoms with E-state index in [9.17, 15) is 9.59 Å². The molecule has 0 radical (unpaired) electrons. The zero-order valence-electron chi connectivity index (χ0n) is 14.6. The number of amides is 3. The second kappa shape index (κ2) is 8.83. The molecule has 0 aliphatic carbocycles. The van der Waals surface area contributed by atoms with Crippen LogP contribution in [0.2, 0.25) is 5.02 Å². The van der Waals surface area contributed by atoms with E-state index in [1.807, 2.05) is 18.2 Å². The molecule has 3 amide bonds. The van der Waals surface area contributed by atoms with Crippen molar-refractivity contribution < 1.29 is 14.7 Å². The van der Waals surface area contributed by atoms with E-state index in [4.69, 9.17) is 16.7 Å². The molecule has 27 heavy (non-hydrogen) atoms. The Morgan fingerprint density at radius 3 is 2.67 bits per heavy atom. The molecule has 0 spiro atoms. The number of hydrogen-bond acceptors (Lipinski definition) is 4. The molecule has 8 heteroatoms. The Morgan fingerprint density at radius 1 is 1.22 bits per heavy atom. The van der Waals surface area contributed by atoms with Gasteiger partial charge in [0.25, 0.3) is 0 Å². The fraction of sp³-hybridized carbons (Fsp3) is 0.316. The first-order valence-corrected chi connectivity index (χ1v) is 9.07. The number of carbonyl (C=O) groups is 2. The summed E-state index contributed by atoms with van der Waals surface area (Å²) in [5.41, 5.74) is 1.43. The van der Waals surface area contributed by atoms with Crippen LogP contribution in [0.3, 0.4) is 0 Å². The molecule has 3 N–H and O–H groups in total. The minimum Gasteiger partial charge on any atom is -0.387 e. The average molecular weight is 389 g/mol. The normalized spacial score (nSPS) is 19.4. The van der Waals surface area contributed by atoms with Crippen molar-refractivity contribution in [2.24, 2.45) is 0 Å². The number of nitrogens with zero attached hydrogens (tertiary/aromatic N) is 2. The van der Waals surface area contributed by atoms with Gasteiger partial charge in [-0.25, -0.2) is 4.79 Å². The predicted molar refractivity (Wildman–Crippen MR) is 103 cm³/mol. The molecule has 0 bridgehead atoms. The van der Waals surface area contributed by atoms with Gasteiger partial charge in [-0.2, -0.15) is 0 Å². The molecule has 2 atom stereocenters. The van der Waals surface area contributed by atoms with Gasteiger partial charge in [-0.3, -0.25) is 9.78 Å².